The van der Waals surface area contributed by atoms with Gasteiger partial charge in [0, 0.05) is 23.4 Å². The van der Waals surface area contributed by atoms with Crippen LogP contribution in [0.3, 0.4) is 0 Å². The van der Waals surface area contributed by atoms with E-state index in [1.54, 1.807) is 48.5 Å². The molecule has 2 heterocycles. The summed E-state index contributed by atoms with van der Waals surface area (Å²) in [5.74, 6) is 0.281. The van der Waals surface area contributed by atoms with Crippen molar-refractivity contribution in [2.45, 2.75) is 77.5 Å². The first-order valence-corrected chi connectivity index (χ1v) is 18.9. The molecule has 3 aromatic carbocycles. The van der Waals surface area contributed by atoms with Crippen LogP contribution in [0.4, 0.5) is 0 Å². The lowest BCUT2D eigenvalue weighted by Crippen LogP contribution is -2.28. The Kier molecular flexibility index (Phi) is 12.1. The van der Waals surface area contributed by atoms with Gasteiger partial charge in [0.1, 0.15) is 5.75 Å². The number of rotatable bonds is 18. The molecule has 5 rings (SSSR count). The Balaban J connectivity index is 1.27. The third-order valence-corrected chi connectivity index (χ3v) is 10.8. The number of Topliss-reactive ketones (excluding diaryl/α,β-unsaturated/α-hetero) is 1. The summed E-state index contributed by atoms with van der Waals surface area (Å²) in [6.45, 7) is 12.0. The fourth-order valence-electron chi connectivity index (χ4n) is 6.18. The second-order valence-corrected chi connectivity index (χ2v) is 14.6. The Hall–Kier alpha value is -4.48. The van der Waals surface area contributed by atoms with Gasteiger partial charge >= 0.3 is 11.3 Å². The number of nitrogens with zero attached hydrogens (tertiary/aromatic N) is 2. The lowest BCUT2D eigenvalue weighted by atomic mass is 9.93. The van der Waals surface area contributed by atoms with E-state index in [1.165, 1.54) is 31.7 Å². The number of carbonyl (C=O) groups is 1. The van der Waals surface area contributed by atoms with Gasteiger partial charge in [-0.15, -0.1) is 0 Å². The third kappa shape index (κ3) is 8.27. The lowest BCUT2D eigenvalue weighted by molar-refractivity contribution is 0.0924. The van der Waals surface area contributed by atoms with Crippen molar-refractivity contribution in [3.8, 4) is 5.75 Å². The minimum absolute atomic E-state index is 0.000370. The van der Waals surface area contributed by atoms with Crippen LogP contribution < -0.4 is 16.0 Å². The summed E-state index contributed by atoms with van der Waals surface area (Å²) >= 11 is 0. The van der Waals surface area contributed by atoms with E-state index in [9.17, 15) is 22.8 Å². The third-order valence-electron chi connectivity index (χ3n) is 9.01. The molecule has 10 nitrogen and oxygen atoms in total. The van der Waals surface area contributed by atoms with E-state index >= 15 is 0 Å². The van der Waals surface area contributed by atoms with Crippen molar-refractivity contribution in [3.05, 3.63) is 104 Å². The molecule has 5 aromatic rings. The molecule has 0 amide bonds. The van der Waals surface area contributed by atoms with E-state index < -0.39 is 27.2 Å². The average molecular weight is 703 g/mol. The molecule has 0 fully saturated rings. The van der Waals surface area contributed by atoms with Crippen LogP contribution >= 0.6 is 0 Å². The summed E-state index contributed by atoms with van der Waals surface area (Å²) in [4.78, 5) is 40.1. The lowest BCUT2D eigenvalue weighted by Gasteiger charge is -2.21. The van der Waals surface area contributed by atoms with Crippen molar-refractivity contribution < 1.29 is 26.8 Å². The van der Waals surface area contributed by atoms with Crippen LogP contribution in [0.15, 0.2) is 90.0 Å². The molecule has 11 heteroatoms. The zero-order valence-corrected chi connectivity index (χ0v) is 30.1. The molecular weight excluding hydrogens is 657 g/mol. The van der Waals surface area contributed by atoms with Crippen LogP contribution in [0, 0.1) is 12.8 Å². The quantitative estimate of drug-likeness (QED) is 0.0522. The zero-order chi connectivity index (χ0) is 35.8. The maximum atomic E-state index is 14.3. The first kappa shape index (κ1) is 36.8. The van der Waals surface area contributed by atoms with E-state index in [1.807, 2.05) is 26.0 Å². The second kappa shape index (κ2) is 16.5. The molecule has 2 aromatic heterocycles. The summed E-state index contributed by atoms with van der Waals surface area (Å²) in [7, 11) is -4.35. The average Bonchev–Trinajstić information content (AvgIpc) is 3.43. The molecule has 0 aliphatic rings. The molecule has 0 aliphatic heterocycles. The smallest absolute Gasteiger partial charge is 0.424 e. The maximum Gasteiger partial charge on any atom is 0.424 e. The van der Waals surface area contributed by atoms with Crippen molar-refractivity contribution in [2.75, 3.05) is 26.2 Å². The highest BCUT2D eigenvalue weighted by molar-refractivity contribution is 7.90. The summed E-state index contributed by atoms with van der Waals surface area (Å²) in [6.07, 6.45) is 6.41. The van der Waals surface area contributed by atoms with Crippen LogP contribution in [0.2, 0.25) is 0 Å². The first-order chi connectivity index (χ1) is 24.0. The molecule has 266 valence electrons. The van der Waals surface area contributed by atoms with Crippen molar-refractivity contribution in [1.29, 1.82) is 0 Å². The Morgan fingerprint density at radius 2 is 1.54 bits per heavy atom. The number of ether oxygens (including phenoxy) is 1. The highest BCUT2D eigenvalue weighted by Gasteiger charge is 2.29. The van der Waals surface area contributed by atoms with E-state index in [0.29, 0.717) is 36.0 Å². The van der Waals surface area contributed by atoms with Crippen LogP contribution in [0.5, 0.6) is 5.75 Å². The predicted molar refractivity (Wildman–Crippen MR) is 195 cm³/mol. The largest absolute Gasteiger partial charge is 0.494 e. The molecule has 0 radical (unpaired) electrons. The molecule has 50 heavy (non-hydrogen) atoms. The molecule has 0 spiro atoms. The van der Waals surface area contributed by atoms with Crippen molar-refractivity contribution in [3.63, 3.8) is 0 Å². The van der Waals surface area contributed by atoms with Crippen molar-refractivity contribution in [2.24, 2.45) is 5.92 Å². The van der Waals surface area contributed by atoms with Gasteiger partial charge in [0.05, 0.1) is 17.0 Å². The molecule has 1 atom stereocenters. The monoisotopic (exact) mass is 702 g/mol. The number of carbonyl (C=O) groups excluding carboxylic acids is 1. The maximum absolute atomic E-state index is 14.3. The molecule has 0 aliphatic carbocycles. The Labute approximate surface area is 292 Å². The molecule has 0 saturated carbocycles. The number of aryl methyl sites for hydroxylation is 2. The van der Waals surface area contributed by atoms with E-state index in [0.717, 1.165) is 41.3 Å². The van der Waals surface area contributed by atoms with Crippen LogP contribution in [0.25, 0.3) is 22.2 Å². The Morgan fingerprint density at radius 1 is 0.880 bits per heavy atom. The van der Waals surface area contributed by atoms with Crippen LogP contribution in [0.1, 0.15) is 80.8 Å². The Morgan fingerprint density at radius 3 is 2.24 bits per heavy atom. The molecule has 1 unspecified atom stereocenters. The van der Waals surface area contributed by atoms with E-state index in [4.69, 9.17) is 13.6 Å². The molecular formula is C39H46N2O8S. The van der Waals surface area contributed by atoms with Gasteiger partial charge in [-0.1, -0.05) is 63.4 Å². The number of hydrogen-bond donors (Lipinski definition) is 0. The highest BCUT2D eigenvalue weighted by Crippen LogP contribution is 2.33. The standard InChI is InChI=1S/C39H46N2O8S/c1-5-7-22-40(23-8-6-2)24-11-25-47-31-19-17-29(18-20-31)35(42)28(4)15-16-30-26-27(3)14-21-34(30)50(45,46)41-33-13-10-9-12-32(33)36-37(41)49-39(44)38(43)48-36/h9-10,12-14,17-21,26,28H,5-8,11,15-16,22-25H2,1-4H3. The number of unbranched alkanes of at least 4 members (excludes halogenated alkanes) is 2. The van der Waals surface area contributed by atoms with Crippen molar-refractivity contribution >= 4 is 38.0 Å². The predicted octanol–water partition coefficient (Wildman–Crippen LogP) is 7.37. The number of hydrogen-bond acceptors (Lipinski definition) is 9. The van der Waals surface area contributed by atoms with Gasteiger partial charge in [-0.05, 0) is 100 Å². The molecule has 0 N–H and O–H groups in total. The van der Waals surface area contributed by atoms with Gasteiger partial charge in [0.15, 0.2) is 5.78 Å². The number of para-hydroxylation sites is 1. The van der Waals surface area contributed by atoms with Crippen LogP contribution in [-0.4, -0.2) is 49.3 Å². The fraction of sp³-hybridized carbons (Fsp3) is 0.410. The van der Waals surface area contributed by atoms with Gasteiger partial charge < -0.3 is 18.5 Å². The zero-order valence-electron chi connectivity index (χ0n) is 29.3. The van der Waals surface area contributed by atoms with Gasteiger partial charge in [-0.25, -0.2) is 18.0 Å². The number of aromatic nitrogens is 1. The van der Waals surface area contributed by atoms with E-state index in [-0.39, 0.29) is 27.5 Å². The summed E-state index contributed by atoms with van der Waals surface area (Å²) in [5, 5.41) is 0.313. The molecule has 0 bridgehead atoms. The SMILES string of the molecule is CCCCN(CCCC)CCCOc1ccc(C(=O)C(C)CCc2cc(C)ccc2S(=O)(=O)n2c3ccccc3c3oc(=O)c(=O)oc32)cc1. The van der Waals surface area contributed by atoms with Gasteiger partial charge in [0.25, 0.3) is 15.7 Å². The fourth-order valence-corrected chi connectivity index (χ4v) is 7.87. The van der Waals surface area contributed by atoms with Crippen molar-refractivity contribution in [1.82, 2.24) is 8.87 Å². The minimum atomic E-state index is -4.35. The topological polar surface area (TPSA) is 129 Å². The summed E-state index contributed by atoms with van der Waals surface area (Å²) in [6, 6.07) is 18.6. The number of benzene rings is 3. The Bertz CT molecular complexity index is 2150. The summed E-state index contributed by atoms with van der Waals surface area (Å²) < 4.78 is 45.9. The summed E-state index contributed by atoms with van der Waals surface area (Å²) in [5.41, 5.74) is -0.909. The second-order valence-electron chi connectivity index (χ2n) is 12.9. The van der Waals surface area contributed by atoms with E-state index in [2.05, 4.69) is 18.7 Å². The first-order valence-electron chi connectivity index (χ1n) is 17.5. The number of ketones is 1. The molecule has 0 saturated heterocycles. The number of fused-ring (bicyclic) bond motifs is 3. The van der Waals surface area contributed by atoms with Gasteiger partial charge in [-0.2, -0.15) is 3.97 Å². The van der Waals surface area contributed by atoms with Gasteiger partial charge in [0.2, 0.25) is 5.58 Å². The van der Waals surface area contributed by atoms with Crippen LogP contribution in [-0.2, 0) is 16.4 Å². The minimum Gasteiger partial charge on any atom is -0.494 e. The van der Waals surface area contributed by atoms with Gasteiger partial charge in [-0.3, -0.25) is 4.79 Å². The normalized spacial score (nSPS) is 12.6. The highest BCUT2D eigenvalue weighted by atomic mass is 32.2.